The average Bonchev–Trinajstić information content (AvgIpc) is 2.36. The number of benzene rings is 1. The maximum atomic E-state index is 11.9. The molecule has 1 rings (SSSR count). The zero-order chi connectivity index (χ0) is 16.9. The molecule has 0 bridgehead atoms. The lowest BCUT2D eigenvalue weighted by molar-refractivity contribution is -0.384. The molecule has 0 saturated heterocycles. The Hall–Kier alpha value is -1.99. The van der Waals surface area contributed by atoms with Gasteiger partial charge in [-0.05, 0) is 33.4 Å². The Labute approximate surface area is 130 Å². The van der Waals surface area contributed by atoms with Gasteiger partial charge < -0.3 is 15.3 Å². The van der Waals surface area contributed by atoms with E-state index in [0.29, 0.717) is 18.8 Å². The third-order valence-corrected chi connectivity index (χ3v) is 3.08. The molecule has 0 aliphatic heterocycles. The van der Waals surface area contributed by atoms with Gasteiger partial charge in [0.05, 0.1) is 16.2 Å². The number of nitrogens with one attached hydrogen (secondary N) is 1. The minimum absolute atomic E-state index is 0.0555. The molecule has 0 unspecified atom stereocenters. The molecule has 0 fully saturated rings. The van der Waals surface area contributed by atoms with Crippen LogP contribution in [0.2, 0.25) is 0 Å². The molecule has 0 saturated carbocycles. The smallest absolute Gasteiger partial charge is 0.271 e. The first-order valence-electron chi connectivity index (χ1n) is 7.04. The number of hydrogen-bond donors (Lipinski definition) is 2. The Morgan fingerprint density at radius 1 is 1.45 bits per heavy atom. The van der Waals surface area contributed by atoms with Crippen LogP contribution in [0.4, 0.5) is 11.4 Å². The molecule has 0 spiro atoms. The van der Waals surface area contributed by atoms with Gasteiger partial charge >= 0.3 is 0 Å². The van der Waals surface area contributed by atoms with Crippen LogP contribution in [0.3, 0.4) is 0 Å². The minimum Gasteiger partial charge on any atom is -0.389 e. The van der Waals surface area contributed by atoms with Crippen molar-refractivity contribution in [2.45, 2.75) is 32.8 Å². The van der Waals surface area contributed by atoms with E-state index < -0.39 is 10.5 Å². The van der Waals surface area contributed by atoms with Crippen LogP contribution in [-0.2, 0) is 4.79 Å². The lowest BCUT2D eigenvalue weighted by Gasteiger charge is -2.25. The van der Waals surface area contributed by atoms with Gasteiger partial charge in [0.1, 0.15) is 0 Å². The van der Waals surface area contributed by atoms with Crippen LogP contribution in [0.1, 0.15) is 25.8 Å². The molecular weight excluding hydrogens is 286 g/mol. The molecule has 0 atom stereocenters. The second kappa shape index (κ2) is 7.33. The van der Waals surface area contributed by atoms with Crippen molar-refractivity contribution in [3.05, 3.63) is 33.9 Å². The summed E-state index contributed by atoms with van der Waals surface area (Å²) < 4.78 is 0. The van der Waals surface area contributed by atoms with Crippen LogP contribution in [0.15, 0.2) is 18.2 Å². The minimum atomic E-state index is -0.818. The third kappa shape index (κ3) is 6.19. The van der Waals surface area contributed by atoms with E-state index in [2.05, 4.69) is 5.32 Å². The summed E-state index contributed by atoms with van der Waals surface area (Å²) in [5, 5.41) is 23.2. The largest absolute Gasteiger partial charge is 0.389 e. The standard InChI is InChI=1S/C15H23N3O4/c1-11-5-6-12(18(21)22)9-13(11)16-14(19)7-8-17(4)10-15(2,3)20/h5-6,9,20H,7-8,10H2,1-4H3,(H,16,19). The van der Waals surface area contributed by atoms with Crippen LogP contribution < -0.4 is 5.32 Å². The monoisotopic (exact) mass is 309 g/mol. The second-order valence-electron chi connectivity index (χ2n) is 6.10. The van der Waals surface area contributed by atoms with E-state index in [1.807, 2.05) is 11.9 Å². The van der Waals surface area contributed by atoms with Gasteiger partial charge in [0, 0.05) is 31.6 Å². The summed E-state index contributed by atoms with van der Waals surface area (Å²) >= 11 is 0. The molecule has 1 amide bonds. The number of amides is 1. The highest BCUT2D eigenvalue weighted by Crippen LogP contribution is 2.21. The van der Waals surface area contributed by atoms with E-state index in [1.165, 1.54) is 12.1 Å². The van der Waals surface area contributed by atoms with Crippen molar-refractivity contribution < 1.29 is 14.8 Å². The first-order valence-corrected chi connectivity index (χ1v) is 7.04. The number of nitro benzene ring substituents is 1. The van der Waals surface area contributed by atoms with E-state index in [1.54, 1.807) is 26.8 Å². The Bertz CT molecular complexity index is 552. The summed E-state index contributed by atoms with van der Waals surface area (Å²) in [5.41, 5.74) is 0.343. The lowest BCUT2D eigenvalue weighted by Crippen LogP contribution is -2.37. The molecule has 22 heavy (non-hydrogen) atoms. The van der Waals surface area contributed by atoms with Crippen LogP contribution >= 0.6 is 0 Å². The molecule has 0 heterocycles. The Balaban J connectivity index is 2.59. The normalized spacial score (nSPS) is 11.5. The summed E-state index contributed by atoms with van der Waals surface area (Å²) in [4.78, 5) is 24.1. The molecule has 0 aliphatic rings. The predicted molar refractivity (Wildman–Crippen MR) is 84.9 cm³/mol. The molecule has 0 aromatic heterocycles. The number of aliphatic hydroxyl groups is 1. The number of carbonyl (C=O) groups is 1. The number of likely N-dealkylation sites (N-methyl/N-ethyl adjacent to an activating group) is 1. The molecule has 1 aromatic rings. The van der Waals surface area contributed by atoms with E-state index >= 15 is 0 Å². The summed E-state index contributed by atoms with van der Waals surface area (Å²) in [6.07, 6.45) is 0.245. The SMILES string of the molecule is Cc1ccc([N+](=O)[O-])cc1NC(=O)CCN(C)CC(C)(C)O. The molecule has 7 nitrogen and oxygen atoms in total. The number of rotatable bonds is 7. The van der Waals surface area contributed by atoms with Crippen molar-refractivity contribution in [3.63, 3.8) is 0 Å². The van der Waals surface area contributed by atoms with Crippen LogP contribution in [0.25, 0.3) is 0 Å². The number of anilines is 1. The maximum absolute atomic E-state index is 11.9. The van der Waals surface area contributed by atoms with Crippen LogP contribution in [0.5, 0.6) is 0 Å². The van der Waals surface area contributed by atoms with Crippen LogP contribution in [0, 0.1) is 17.0 Å². The zero-order valence-electron chi connectivity index (χ0n) is 13.4. The predicted octanol–water partition coefficient (Wildman–Crippen LogP) is 1.93. The highest BCUT2D eigenvalue weighted by molar-refractivity contribution is 5.92. The molecule has 0 radical (unpaired) electrons. The number of nitro groups is 1. The van der Waals surface area contributed by atoms with Gasteiger partial charge in [-0.3, -0.25) is 14.9 Å². The van der Waals surface area contributed by atoms with Gasteiger partial charge in [-0.25, -0.2) is 0 Å². The van der Waals surface area contributed by atoms with Gasteiger partial charge in [-0.1, -0.05) is 6.07 Å². The fourth-order valence-corrected chi connectivity index (χ4v) is 2.10. The van der Waals surface area contributed by atoms with E-state index in [9.17, 15) is 20.0 Å². The molecular formula is C15H23N3O4. The Kier molecular flexibility index (Phi) is 6.01. The summed E-state index contributed by atoms with van der Waals surface area (Å²) in [5.74, 6) is -0.216. The van der Waals surface area contributed by atoms with Crippen molar-refractivity contribution in [2.75, 3.05) is 25.5 Å². The first-order chi connectivity index (χ1) is 10.1. The number of aryl methyl sites for hydroxylation is 1. The number of hydrogen-bond acceptors (Lipinski definition) is 5. The highest BCUT2D eigenvalue weighted by atomic mass is 16.6. The van der Waals surface area contributed by atoms with Crippen molar-refractivity contribution in [1.29, 1.82) is 0 Å². The molecule has 122 valence electrons. The number of nitrogens with zero attached hydrogens (tertiary/aromatic N) is 2. The molecule has 1 aromatic carbocycles. The Morgan fingerprint density at radius 2 is 2.09 bits per heavy atom. The molecule has 2 N–H and O–H groups in total. The molecule has 7 heteroatoms. The van der Waals surface area contributed by atoms with Gasteiger partial charge in [-0.15, -0.1) is 0 Å². The van der Waals surface area contributed by atoms with Crippen molar-refractivity contribution in [3.8, 4) is 0 Å². The summed E-state index contributed by atoms with van der Waals surface area (Å²) in [6, 6.07) is 4.37. The number of carbonyl (C=O) groups excluding carboxylic acids is 1. The van der Waals surface area contributed by atoms with Gasteiger partial charge in [0.2, 0.25) is 5.91 Å². The van der Waals surface area contributed by atoms with Crippen molar-refractivity contribution >= 4 is 17.3 Å². The van der Waals surface area contributed by atoms with Crippen LogP contribution in [-0.4, -0.2) is 46.6 Å². The number of non-ortho nitro benzene ring substituents is 1. The zero-order valence-corrected chi connectivity index (χ0v) is 13.4. The van der Waals surface area contributed by atoms with E-state index in [0.717, 1.165) is 5.56 Å². The second-order valence-corrected chi connectivity index (χ2v) is 6.10. The first kappa shape index (κ1) is 18.1. The molecule has 0 aliphatic carbocycles. The quantitative estimate of drug-likeness (QED) is 0.592. The fraction of sp³-hybridized carbons (Fsp3) is 0.533. The lowest BCUT2D eigenvalue weighted by atomic mass is 10.1. The summed E-state index contributed by atoms with van der Waals surface area (Å²) in [7, 11) is 1.82. The summed E-state index contributed by atoms with van der Waals surface area (Å²) in [6.45, 7) is 6.13. The third-order valence-electron chi connectivity index (χ3n) is 3.08. The fourth-order valence-electron chi connectivity index (χ4n) is 2.10. The average molecular weight is 309 g/mol. The Morgan fingerprint density at radius 3 is 2.64 bits per heavy atom. The van der Waals surface area contributed by atoms with E-state index in [-0.39, 0.29) is 18.0 Å². The van der Waals surface area contributed by atoms with Crippen molar-refractivity contribution in [1.82, 2.24) is 4.90 Å². The topological polar surface area (TPSA) is 95.7 Å². The van der Waals surface area contributed by atoms with E-state index in [4.69, 9.17) is 0 Å². The van der Waals surface area contributed by atoms with Gasteiger partial charge in [0.15, 0.2) is 0 Å². The maximum Gasteiger partial charge on any atom is 0.271 e. The highest BCUT2D eigenvalue weighted by Gasteiger charge is 2.16. The van der Waals surface area contributed by atoms with Gasteiger partial charge in [0.25, 0.3) is 5.69 Å². The van der Waals surface area contributed by atoms with Gasteiger partial charge in [-0.2, -0.15) is 0 Å². The van der Waals surface area contributed by atoms with Crippen molar-refractivity contribution in [2.24, 2.45) is 0 Å².